The van der Waals surface area contributed by atoms with Gasteiger partial charge in [0.2, 0.25) is 0 Å². The number of alkyl halides is 1. The van der Waals surface area contributed by atoms with Crippen LogP contribution in [0, 0.1) is 0 Å². The lowest BCUT2D eigenvalue weighted by atomic mass is 10.2. The highest BCUT2D eigenvalue weighted by Gasteiger charge is 2.36. The largest absolute Gasteiger partial charge is 0.472 e. The molecule has 2 atom stereocenters. The molecule has 3 heterocycles. The van der Waals surface area contributed by atoms with Crippen LogP contribution in [-0.2, 0) is 13.1 Å². The number of hydrogen-bond donors (Lipinski definition) is 1. The number of carbonyl (C=O) groups is 2. The minimum Gasteiger partial charge on any atom is -0.472 e. The Bertz CT molecular complexity index is 973. The van der Waals surface area contributed by atoms with Gasteiger partial charge in [-0.15, -0.1) is 5.10 Å². The van der Waals surface area contributed by atoms with E-state index in [2.05, 4.69) is 15.6 Å². The van der Waals surface area contributed by atoms with Crippen molar-refractivity contribution in [3.05, 3.63) is 71.9 Å². The zero-order chi connectivity index (χ0) is 20.2. The van der Waals surface area contributed by atoms with E-state index in [0.717, 1.165) is 5.56 Å². The molecule has 2 unspecified atom stereocenters. The van der Waals surface area contributed by atoms with E-state index in [1.807, 2.05) is 30.3 Å². The normalized spacial score (nSPS) is 18.7. The van der Waals surface area contributed by atoms with E-state index in [1.165, 1.54) is 28.3 Å². The highest BCUT2D eigenvalue weighted by molar-refractivity contribution is 5.94. The lowest BCUT2D eigenvalue weighted by Gasteiger charge is -2.23. The first-order chi connectivity index (χ1) is 14.1. The molecule has 0 bridgehead atoms. The summed E-state index contributed by atoms with van der Waals surface area (Å²) in [7, 11) is 0. The van der Waals surface area contributed by atoms with E-state index in [9.17, 15) is 14.0 Å². The first-order valence-corrected chi connectivity index (χ1v) is 9.29. The topological polar surface area (TPSA) is 93.3 Å². The molecule has 0 saturated carbocycles. The van der Waals surface area contributed by atoms with Gasteiger partial charge in [0, 0.05) is 13.0 Å². The maximum atomic E-state index is 14.0. The van der Waals surface area contributed by atoms with Crippen molar-refractivity contribution < 1.29 is 18.4 Å². The van der Waals surface area contributed by atoms with Gasteiger partial charge in [0.25, 0.3) is 11.8 Å². The van der Waals surface area contributed by atoms with Crippen molar-refractivity contribution in [3.63, 3.8) is 0 Å². The summed E-state index contributed by atoms with van der Waals surface area (Å²) in [5, 5.41) is 10.6. The van der Waals surface area contributed by atoms with Gasteiger partial charge in [0.15, 0.2) is 5.69 Å². The Morgan fingerprint density at radius 3 is 2.83 bits per heavy atom. The van der Waals surface area contributed by atoms with E-state index in [-0.39, 0.29) is 43.1 Å². The van der Waals surface area contributed by atoms with Crippen LogP contribution in [0.4, 0.5) is 4.39 Å². The Morgan fingerprint density at radius 2 is 2.07 bits per heavy atom. The molecule has 2 aromatic heterocycles. The summed E-state index contributed by atoms with van der Waals surface area (Å²) < 4.78 is 20.4. The predicted octanol–water partition coefficient (Wildman–Crippen LogP) is 2.05. The minimum atomic E-state index is -1.10. The highest BCUT2D eigenvalue weighted by atomic mass is 19.1. The van der Waals surface area contributed by atoms with Gasteiger partial charge in [0.05, 0.1) is 37.2 Å². The molecule has 9 heteroatoms. The number of amides is 2. The molecule has 0 radical (unpaired) electrons. The van der Waals surface area contributed by atoms with Gasteiger partial charge in [-0.05, 0) is 11.6 Å². The number of benzene rings is 1. The third-order valence-electron chi connectivity index (χ3n) is 4.86. The summed E-state index contributed by atoms with van der Waals surface area (Å²) >= 11 is 0. The number of hydrogen-bond acceptors (Lipinski definition) is 5. The average molecular weight is 397 g/mol. The molecule has 1 aromatic carbocycles. The Balaban J connectivity index is 1.38. The number of nitrogens with one attached hydrogen (secondary N) is 1. The number of likely N-dealkylation sites (tertiary alicyclic amines) is 1. The lowest BCUT2D eigenvalue weighted by Crippen LogP contribution is -2.38. The van der Waals surface area contributed by atoms with Crippen LogP contribution < -0.4 is 5.32 Å². The zero-order valence-electron chi connectivity index (χ0n) is 15.6. The van der Waals surface area contributed by atoms with Crippen molar-refractivity contribution in [3.8, 4) is 0 Å². The fraction of sp³-hybridized carbons (Fsp3) is 0.300. The molecular weight excluding hydrogens is 377 g/mol. The number of nitrogens with zero attached hydrogens (tertiary/aromatic N) is 4. The van der Waals surface area contributed by atoms with Gasteiger partial charge in [-0.25, -0.2) is 9.07 Å². The summed E-state index contributed by atoms with van der Waals surface area (Å²) in [5.41, 5.74) is 1.52. The second-order valence-corrected chi connectivity index (χ2v) is 6.95. The number of halogens is 1. The van der Waals surface area contributed by atoms with Crippen molar-refractivity contribution in [2.24, 2.45) is 0 Å². The fourth-order valence-corrected chi connectivity index (χ4v) is 3.41. The van der Waals surface area contributed by atoms with Crippen molar-refractivity contribution in [2.45, 2.75) is 31.7 Å². The van der Waals surface area contributed by atoms with Crippen molar-refractivity contribution in [1.82, 2.24) is 25.2 Å². The van der Waals surface area contributed by atoms with Crippen LogP contribution in [0.5, 0.6) is 0 Å². The van der Waals surface area contributed by atoms with Crippen LogP contribution in [0.1, 0.15) is 32.8 Å². The Labute approximate surface area is 166 Å². The number of furan rings is 1. The van der Waals surface area contributed by atoms with Crippen molar-refractivity contribution in [2.75, 3.05) is 6.54 Å². The molecule has 1 fully saturated rings. The molecule has 4 rings (SSSR count). The summed E-state index contributed by atoms with van der Waals surface area (Å²) in [6.07, 6.45) is 3.36. The molecule has 1 aliphatic heterocycles. The standard InChI is InChI=1S/C20H20FN5O3/c21-16-8-17(26(10-16)20(28)15-6-7-29-13-15)11-25-12-18(23-24-25)19(27)22-9-14-4-2-1-3-5-14/h1-7,12-13,16-17H,8-11H2,(H,22,27). The minimum absolute atomic E-state index is 0.0216. The van der Waals surface area contributed by atoms with Crippen LogP contribution in [0.25, 0.3) is 0 Å². The van der Waals surface area contributed by atoms with Gasteiger partial charge in [0.1, 0.15) is 12.4 Å². The van der Waals surface area contributed by atoms with E-state index in [0.29, 0.717) is 12.1 Å². The summed E-state index contributed by atoms with van der Waals surface area (Å²) in [6.45, 7) is 0.655. The van der Waals surface area contributed by atoms with E-state index < -0.39 is 6.17 Å². The molecule has 1 N–H and O–H groups in total. The van der Waals surface area contributed by atoms with Crippen LogP contribution in [0.3, 0.4) is 0 Å². The third kappa shape index (κ3) is 4.34. The zero-order valence-corrected chi connectivity index (χ0v) is 15.6. The summed E-state index contributed by atoms with van der Waals surface area (Å²) in [6, 6.07) is 10.7. The first-order valence-electron chi connectivity index (χ1n) is 9.29. The second kappa shape index (κ2) is 8.26. The predicted molar refractivity (Wildman–Crippen MR) is 101 cm³/mol. The highest BCUT2D eigenvalue weighted by Crippen LogP contribution is 2.24. The Hall–Kier alpha value is -3.49. The van der Waals surface area contributed by atoms with Crippen LogP contribution in [0.15, 0.2) is 59.5 Å². The second-order valence-electron chi connectivity index (χ2n) is 6.95. The molecule has 8 nitrogen and oxygen atoms in total. The van der Waals surface area contributed by atoms with Crippen molar-refractivity contribution >= 4 is 11.8 Å². The molecule has 150 valence electrons. The maximum Gasteiger partial charge on any atom is 0.273 e. The smallest absolute Gasteiger partial charge is 0.273 e. The van der Waals surface area contributed by atoms with E-state index in [4.69, 9.17) is 4.42 Å². The number of carbonyl (C=O) groups excluding carboxylic acids is 2. The molecule has 0 spiro atoms. The Morgan fingerprint density at radius 1 is 1.24 bits per heavy atom. The fourth-order valence-electron chi connectivity index (χ4n) is 3.41. The van der Waals surface area contributed by atoms with Crippen molar-refractivity contribution in [1.29, 1.82) is 0 Å². The Kier molecular flexibility index (Phi) is 5.37. The lowest BCUT2D eigenvalue weighted by molar-refractivity contribution is 0.0713. The van der Waals surface area contributed by atoms with Gasteiger partial charge in [-0.3, -0.25) is 9.59 Å². The van der Waals surface area contributed by atoms with E-state index in [1.54, 1.807) is 6.07 Å². The summed E-state index contributed by atoms with van der Waals surface area (Å²) in [4.78, 5) is 26.3. The molecule has 2 amide bonds. The maximum absolute atomic E-state index is 14.0. The van der Waals surface area contributed by atoms with Gasteiger partial charge >= 0.3 is 0 Å². The van der Waals surface area contributed by atoms with Gasteiger partial charge < -0.3 is 14.6 Å². The summed E-state index contributed by atoms with van der Waals surface area (Å²) in [5.74, 6) is -0.633. The number of aromatic nitrogens is 3. The SMILES string of the molecule is O=C(NCc1ccccc1)c1cn(CC2CC(F)CN2C(=O)c2ccoc2)nn1. The molecule has 3 aromatic rings. The molecular formula is C20H20FN5O3. The molecule has 1 saturated heterocycles. The average Bonchev–Trinajstić information content (AvgIpc) is 3.48. The number of rotatable bonds is 6. The van der Waals surface area contributed by atoms with E-state index >= 15 is 0 Å². The third-order valence-corrected chi connectivity index (χ3v) is 4.86. The van der Waals surface area contributed by atoms with Crippen LogP contribution in [0.2, 0.25) is 0 Å². The van der Waals surface area contributed by atoms with Crippen LogP contribution >= 0.6 is 0 Å². The van der Waals surface area contributed by atoms with Gasteiger partial charge in [-0.2, -0.15) is 0 Å². The molecule has 0 aliphatic carbocycles. The first kappa shape index (κ1) is 18.9. The monoisotopic (exact) mass is 397 g/mol. The van der Waals surface area contributed by atoms with Gasteiger partial charge in [-0.1, -0.05) is 35.5 Å². The van der Waals surface area contributed by atoms with Crippen LogP contribution in [-0.4, -0.2) is 50.5 Å². The molecule has 29 heavy (non-hydrogen) atoms. The molecule has 1 aliphatic rings. The quantitative estimate of drug-likeness (QED) is 0.687.